The second kappa shape index (κ2) is 8.26. The zero-order chi connectivity index (χ0) is 21.0. The van der Waals surface area contributed by atoms with E-state index in [9.17, 15) is 22.8 Å². The van der Waals surface area contributed by atoms with E-state index in [-0.39, 0.29) is 11.4 Å². The average molecular weight is 405 g/mol. The third kappa shape index (κ3) is 4.68. The number of alkyl halides is 3. The lowest BCUT2D eigenvalue weighted by Gasteiger charge is -2.15. The Morgan fingerprint density at radius 1 is 1.03 bits per heavy atom. The van der Waals surface area contributed by atoms with Crippen LogP contribution < -0.4 is 21.6 Å². The average Bonchev–Trinajstić information content (AvgIpc) is 2.67. The van der Waals surface area contributed by atoms with Crippen LogP contribution in [0.4, 0.5) is 35.0 Å². The number of carbonyl (C=O) groups is 1. The second-order valence-corrected chi connectivity index (χ2v) is 6.22. The molecule has 152 valence electrons. The zero-order valence-corrected chi connectivity index (χ0v) is 15.4. The number of halogens is 3. The smallest absolute Gasteiger partial charge is 0.416 e. The van der Waals surface area contributed by atoms with Gasteiger partial charge in [-0.25, -0.2) is 9.59 Å². The van der Waals surface area contributed by atoms with Crippen LogP contribution in [0.5, 0.6) is 0 Å². The molecule has 2 amide bonds. The molecule has 3 aromatic rings. The Hall–Kier alpha value is -3.49. The normalized spacial score (nSPS) is 11.3. The molecule has 0 spiro atoms. The molecule has 0 bridgehead atoms. The van der Waals surface area contributed by atoms with Gasteiger partial charge in [0.2, 0.25) is 0 Å². The number of urea groups is 1. The predicted octanol–water partition coefficient (Wildman–Crippen LogP) is 5.28. The Balaban J connectivity index is 1.90. The van der Waals surface area contributed by atoms with E-state index in [0.717, 1.165) is 18.6 Å². The van der Waals surface area contributed by atoms with Crippen molar-refractivity contribution in [3.05, 3.63) is 64.5 Å². The lowest BCUT2D eigenvalue weighted by atomic mass is 10.1. The highest BCUT2D eigenvalue weighted by atomic mass is 19.4. The monoisotopic (exact) mass is 405 g/mol. The molecule has 0 aliphatic rings. The molecule has 1 aromatic heterocycles. The van der Waals surface area contributed by atoms with Gasteiger partial charge in [-0.2, -0.15) is 13.2 Å². The lowest BCUT2D eigenvalue weighted by Crippen LogP contribution is -2.25. The SMILES string of the molecule is CCCNc1c(NC(=O)Nc2cccc(C(F)(F)F)c2)c(=O)oc2ccccc12. The van der Waals surface area contributed by atoms with Crippen molar-refractivity contribution in [2.75, 3.05) is 22.5 Å². The van der Waals surface area contributed by atoms with Gasteiger partial charge >= 0.3 is 17.8 Å². The topological polar surface area (TPSA) is 83.4 Å². The Bertz CT molecular complexity index is 1090. The minimum atomic E-state index is -4.54. The number of hydrogen-bond acceptors (Lipinski definition) is 4. The van der Waals surface area contributed by atoms with E-state index < -0.39 is 23.4 Å². The molecule has 0 aliphatic carbocycles. The number of amides is 2. The second-order valence-electron chi connectivity index (χ2n) is 6.22. The molecule has 3 rings (SSSR count). The highest BCUT2D eigenvalue weighted by Gasteiger charge is 2.30. The number of para-hydroxylation sites is 1. The van der Waals surface area contributed by atoms with E-state index in [0.29, 0.717) is 23.2 Å². The number of hydrogen-bond donors (Lipinski definition) is 3. The van der Waals surface area contributed by atoms with E-state index in [1.807, 2.05) is 6.92 Å². The molecule has 0 radical (unpaired) electrons. The molecular formula is C20H18F3N3O3. The van der Waals surface area contributed by atoms with Gasteiger partial charge in [-0.15, -0.1) is 0 Å². The number of nitrogens with one attached hydrogen (secondary N) is 3. The van der Waals surface area contributed by atoms with E-state index in [4.69, 9.17) is 4.42 Å². The van der Waals surface area contributed by atoms with Crippen molar-refractivity contribution in [2.24, 2.45) is 0 Å². The minimum Gasteiger partial charge on any atom is -0.421 e. The fraction of sp³-hybridized carbons (Fsp3) is 0.200. The van der Waals surface area contributed by atoms with Gasteiger partial charge in [0.15, 0.2) is 5.69 Å². The van der Waals surface area contributed by atoms with Crippen molar-refractivity contribution in [1.82, 2.24) is 0 Å². The van der Waals surface area contributed by atoms with Crippen molar-refractivity contribution in [3.8, 4) is 0 Å². The summed E-state index contributed by atoms with van der Waals surface area (Å²) >= 11 is 0. The number of benzene rings is 2. The third-order valence-electron chi connectivity index (χ3n) is 4.05. The van der Waals surface area contributed by atoms with Crippen LogP contribution in [0.1, 0.15) is 18.9 Å². The quantitative estimate of drug-likeness (QED) is 0.505. The van der Waals surface area contributed by atoms with Crippen LogP contribution in [0, 0.1) is 0 Å². The molecule has 0 atom stereocenters. The Morgan fingerprint density at radius 3 is 2.52 bits per heavy atom. The van der Waals surface area contributed by atoms with Gasteiger partial charge in [0.05, 0.1) is 11.3 Å². The van der Waals surface area contributed by atoms with Gasteiger partial charge in [-0.1, -0.05) is 25.1 Å². The van der Waals surface area contributed by atoms with Crippen molar-refractivity contribution in [1.29, 1.82) is 0 Å². The first kappa shape index (κ1) is 20.2. The molecule has 9 heteroatoms. The van der Waals surface area contributed by atoms with Crippen LogP contribution >= 0.6 is 0 Å². The van der Waals surface area contributed by atoms with Crippen LogP contribution in [-0.2, 0) is 6.18 Å². The summed E-state index contributed by atoms with van der Waals surface area (Å²) in [5.74, 6) is 0. The van der Waals surface area contributed by atoms with Crippen molar-refractivity contribution in [3.63, 3.8) is 0 Å². The summed E-state index contributed by atoms with van der Waals surface area (Å²) < 4.78 is 43.7. The van der Waals surface area contributed by atoms with Crippen LogP contribution in [0.2, 0.25) is 0 Å². The van der Waals surface area contributed by atoms with Crippen LogP contribution in [0.25, 0.3) is 11.0 Å². The highest BCUT2D eigenvalue weighted by molar-refractivity contribution is 6.05. The Labute approximate surface area is 163 Å². The molecule has 1 heterocycles. The molecule has 2 aromatic carbocycles. The molecule has 0 saturated carbocycles. The maximum atomic E-state index is 12.8. The third-order valence-corrected chi connectivity index (χ3v) is 4.05. The molecule has 0 unspecified atom stereocenters. The fourth-order valence-corrected chi connectivity index (χ4v) is 2.75. The van der Waals surface area contributed by atoms with Gasteiger partial charge < -0.3 is 15.1 Å². The summed E-state index contributed by atoms with van der Waals surface area (Å²) in [7, 11) is 0. The fourth-order valence-electron chi connectivity index (χ4n) is 2.75. The summed E-state index contributed by atoms with van der Waals surface area (Å²) in [6.07, 6.45) is -3.77. The molecule has 3 N–H and O–H groups in total. The Kier molecular flexibility index (Phi) is 5.76. The number of anilines is 3. The molecule has 29 heavy (non-hydrogen) atoms. The summed E-state index contributed by atoms with van der Waals surface area (Å²) in [4.78, 5) is 24.7. The largest absolute Gasteiger partial charge is 0.421 e. The van der Waals surface area contributed by atoms with Gasteiger partial charge in [0.1, 0.15) is 5.58 Å². The zero-order valence-electron chi connectivity index (χ0n) is 15.4. The summed E-state index contributed by atoms with van der Waals surface area (Å²) in [5.41, 5.74) is -1.13. The van der Waals surface area contributed by atoms with Crippen LogP contribution in [0.3, 0.4) is 0 Å². The van der Waals surface area contributed by atoms with E-state index in [2.05, 4.69) is 16.0 Å². The van der Waals surface area contributed by atoms with Gasteiger partial charge in [-0.3, -0.25) is 5.32 Å². The van der Waals surface area contributed by atoms with Crippen molar-refractivity contribution < 1.29 is 22.4 Å². The maximum absolute atomic E-state index is 12.8. The van der Waals surface area contributed by atoms with Gasteiger partial charge in [0, 0.05) is 17.6 Å². The first-order chi connectivity index (χ1) is 13.8. The first-order valence-electron chi connectivity index (χ1n) is 8.84. The number of rotatable bonds is 5. The van der Waals surface area contributed by atoms with Crippen LogP contribution in [-0.4, -0.2) is 12.6 Å². The van der Waals surface area contributed by atoms with Crippen molar-refractivity contribution >= 4 is 34.1 Å². The minimum absolute atomic E-state index is 0.0643. The molecule has 0 saturated heterocycles. The summed E-state index contributed by atoms with van der Waals surface area (Å²) in [6.45, 7) is 2.48. The maximum Gasteiger partial charge on any atom is 0.416 e. The molecule has 0 aliphatic heterocycles. The predicted molar refractivity (Wildman–Crippen MR) is 105 cm³/mol. The van der Waals surface area contributed by atoms with Crippen molar-refractivity contribution in [2.45, 2.75) is 19.5 Å². The summed E-state index contributed by atoms with van der Waals surface area (Å²) in [6, 6.07) is 10.1. The lowest BCUT2D eigenvalue weighted by molar-refractivity contribution is -0.137. The molecule has 0 fully saturated rings. The summed E-state index contributed by atoms with van der Waals surface area (Å²) in [5, 5.41) is 8.38. The molecular weight excluding hydrogens is 387 g/mol. The number of fused-ring (bicyclic) bond motifs is 1. The van der Waals surface area contributed by atoms with E-state index in [1.165, 1.54) is 12.1 Å². The molecule has 6 nitrogen and oxygen atoms in total. The van der Waals surface area contributed by atoms with Crippen LogP contribution in [0.15, 0.2) is 57.7 Å². The van der Waals surface area contributed by atoms with Gasteiger partial charge in [-0.05, 0) is 36.8 Å². The first-order valence-corrected chi connectivity index (χ1v) is 8.84. The Morgan fingerprint density at radius 2 is 1.79 bits per heavy atom. The van der Waals surface area contributed by atoms with Gasteiger partial charge in [0.25, 0.3) is 0 Å². The van der Waals surface area contributed by atoms with E-state index in [1.54, 1.807) is 24.3 Å². The standard InChI is InChI=1S/C20H18F3N3O3/c1-2-10-24-16-14-8-3-4-9-15(14)29-18(27)17(16)26-19(28)25-13-7-5-6-12(11-13)20(21,22)23/h3-9,11,24H,2,10H2,1H3,(H2,25,26,28). The van der Waals surface area contributed by atoms with E-state index >= 15 is 0 Å². The number of carbonyl (C=O) groups excluding carboxylic acids is 1. The highest BCUT2D eigenvalue weighted by Crippen LogP contribution is 2.31.